The molecule has 0 N–H and O–H groups in total. The number of aryl methyl sites for hydroxylation is 1. The molecule has 2 heterocycles. The van der Waals surface area contributed by atoms with Crippen molar-refractivity contribution in [3.8, 4) is 0 Å². The van der Waals surface area contributed by atoms with Gasteiger partial charge in [-0.05, 0) is 24.6 Å². The zero-order valence-electron chi connectivity index (χ0n) is 14.2. The number of benzene rings is 1. The maximum Gasteiger partial charge on any atom is 0.263 e. The van der Waals surface area contributed by atoms with Crippen LogP contribution in [-0.4, -0.2) is 21.1 Å². The van der Waals surface area contributed by atoms with Crippen LogP contribution < -0.4 is 5.56 Å². The Hall–Kier alpha value is -1.70. The van der Waals surface area contributed by atoms with Crippen molar-refractivity contribution in [2.24, 2.45) is 0 Å². The minimum absolute atomic E-state index is 0.00225. The summed E-state index contributed by atoms with van der Waals surface area (Å²) in [6, 6.07) is 9.17. The van der Waals surface area contributed by atoms with Crippen LogP contribution in [0.3, 0.4) is 0 Å². The number of ketones is 1. The lowest BCUT2D eigenvalue weighted by atomic mass is 10.2. The number of halogens is 1. The fourth-order valence-electron chi connectivity index (χ4n) is 2.47. The third-order valence-electron chi connectivity index (χ3n) is 3.83. The predicted octanol–water partition coefficient (Wildman–Crippen LogP) is 4.94. The molecule has 1 aromatic carbocycles. The van der Waals surface area contributed by atoms with E-state index in [1.807, 2.05) is 18.2 Å². The summed E-state index contributed by atoms with van der Waals surface area (Å²) in [7, 11) is 0. The highest BCUT2D eigenvalue weighted by molar-refractivity contribution is 9.10. The first kappa shape index (κ1) is 19.1. The number of thioether (sulfide) groups is 1. The lowest BCUT2D eigenvalue weighted by Gasteiger charge is -2.09. The number of Topliss-reactive ketones (excluding diaryl/α,β-unsaturated/α-hetero) is 1. The normalized spacial score (nSPS) is 11.0. The Morgan fingerprint density at radius 1 is 1.38 bits per heavy atom. The van der Waals surface area contributed by atoms with Crippen molar-refractivity contribution in [1.82, 2.24) is 9.55 Å². The van der Waals surface area contributed by atoms with Gasteiger partial charge in [0.25, 0.3) is 5.56 Å². The molecule has 7 heteroatoms. The molecule has 0 unspecified atom stereocenters. The lowest BCUT2D eigenvalue weighted by molar-refractivity contribution is 0.102. The van der Waals surface area contributed by atoms with Gasteiger partial charge in [0, 0.05) is 21.5 Å². The molecule has 0 aliphatic heterocycles. The molecular weight excluding hydrogens is 432 g/mol. The fourth-order valence-corrected chi connectivity index (χ4v) is 4.65. The minimum atomic E-state index is -0.0792. The summed E-state index contributed by atoms with van der Waals surface area (Å²) in [5.74, 6) is 0.227. The standard InChI is InChI=1S/C19H17BrN2O2S2/c1-3-9-22-18(24)15-10-14(4-2)26-17(15)21-19(22)25-11-16(23)12-5-7-13(20)8-6-12/h3,5-8,10H,1,4,9,11H2,2H3. The smallest absolute Gasteiger partial charge is 0.263 e. The maximum atomic E-state index is 12.8. The number of hydrogen-bond donors (Lipinski definition) is 0. The number of fused-ring (bicyclic) bond motifs is 1. The van der Waals surface area contributed by atoms with E-state index in [1.54, 1.807) is 22.8 Å². The molecule has 0 aliphatic rings. The van der Waals surface area contributed by atoms with Crippen molar-refractivity contribution in [2.75, 3.05) is 5.75 Å². The van der Waals surface area contributed by atoms with Crippen LogP contribution in [0.4, 0.5) is 0 Å². The largest absolute Gasteiger partial charge is 0.293 e. The van der Waals surface area contributed by atoms with Gasteiger partial charge >= 0.3 is 0 Å². The van der Waals surface area contributed by atoms with E-state index >= 15 is 0 Å². The van der Waals surface area contributed by atoms with Crippen LogP contribution in [0.25, 0.3) is 10.2 Å². The minimum Gasteiger partial charge on any atom is -0.293 e. The molecule has 26 heavy (non-hydrogen) atoms. The number of aromatic nitrogens is 2. The van der Waals surface area contributed by atoms with E-state index in [9.17, 15) is 9.59 Å². The molecule has 3 rings (SSSR count). The lowest BCUT2D eigenvalue weighted by Crippen LogP contribution is -2.22. The summed E-state index contributed by atoms with van der Waals surface area (Å²) in [4.78, 5) is 31.7. The molecule has 0 saturated heterocycles. The molecule has 134 valence electrons. The van der Waals surface area contributed by atoms with Gasteiger partial charge in [-0.25, -0.2) is 4.98 Å². The van der Waals surface area contributed by atoms with E-state index in [-0.39, 0.29) is 17.1 Å². The number of carbonyl (C=O) groups is 1. The second kappa shape index (κ2) is 8.33. The Morgan fingerprint density at radius 2 is 2.12 bits per heavy atom. The van der Waals surface area contributed by atoms with Crippen molar-refractivity contribution in [2.45, 2.75) is 25.0 Å². The zero-order chi connectivity index (χ0) is 18.7. The molecule has 0 aliphatic carbocycles. The quantitative estimate of drug-likeness (QED) is 0.222. The molecule has 0 fully saturated rings. The summed E-state index contributed by atoms with van der Waals surface area (Å²) in [6.45, 7) is 6.15. The van der Waals surface area contributed by atoms with Crippen LogP contribution >= 0.6 is 39.0 Å². The Morgan fingerprint density at radius 3 is 2.77 bits per heavy atom. The van der Waals surface area contributed by atoms with Crippen LogP contribution in [0.2, 0.25) is 0 Å². The second-order valence-electron chi connectivity index (χ2n) is 5.60. The molecule has 4 nitrogen and oxygen atoms in total. The van der Waals surface area contributed by atoms with Crippen molar-refractivity contribution in [3.63, 3.8) is 0 Å². The number of hydrogen-bond acceptors (Lipinski definition) is 5. The molecule has 2 aromatic heterocycles. The maximum absolute atomic E-state index is 12.8. The van der Waals surface area contributed by atoms with Crippen molar-refractivity contribution < 1.29 is 4.79 Å². The van der Waals surface area contributed by atoms with Crippen LogP contribution in [0, 0.1) is 0 Å². The molecular formula is C19H17BrN2O2S2. The van der Waals surface area contributed by atoms with Gasteiger partial charge in [0.15, 0.2) is 10.9 Å². The van der Waals surface area contributed by atoms with Crippen LogP contribution in [0.1, 0.15) is 22.2 Å². The molecule has 0 radical (unpaired) electrons. The summed E-state index contributed by atoms with van der Waals surface area (Å²) in [6.07, 6.45) is 2.54. The van der Waals surface area contributed by atoms with E-state index in [4.69, 9.17) is 0 Å². The van der Waals surface area contributed by atoms with E-state index < -0.39 is 0 Å². The summed E-state index contributed by atoms with van der Waals surface area (Å²) >= 11 is 6.18. The van der Waals surface area contributed by atoms with Gasteiger partial charge in [-0.15, -0.1) is 17.9 Å². The molecule has 0 saturated carbocycles. The van der Waals surface area contributed by atoms with Crippen LogP contribution in [0.15, 0.2) is 57.4 Å². The first-order valence-corrected chi connectivity index (χ1v) is 10.7. The number of carbonyl (C=O) groups excluding carboxylic acids is 1. The zero-order valence-corrected chi connectivity index (χ0v) is 17.4. The van der Waals surface area contributed by atoms with Crippen LogP contribution in [0.5, 0.6) is 0 Å². The van der Waals surface area contributed by atoms with Gasteiger partial charge in [0.1, 0.15) is 4.83 Å². The topological polar surface area (TPSA) is 52.0 Å². The summed E-state index contributed by atoms with van der Waals surface area (Å²) in [5.41, 5.74) is 0.563. The SMILES string of the molecule is C=CCn1c(SCC(=O)c2ccc(Br)cc2)nc2sc(CC)cc2c1=O. The van der Waals surface area contributed by atoms with Crippen LogP contribution in [-0.2, 0) is 13.0 Å². The van der Waals surface area contributed by atoms with E-state index in [0.717, 1.165) is 20.6 Å². The number of allylic oxidation sites excluding steroid dienone is 1. The average molecular weight is 449 g/mol. The predicted molar refractivity (Wildman–Crippen MR) is 113 cm³/mol. The Bertz CT molecular complexity index is 1020. The number of rotatable bonds is 7. The molecule has 0 spiro atoms. The highest BCUT2D eigenvalue weighted by Gasteiger charge is 2.15. The first-order valence-electron chi connectivity index (χ1n) is 8.09. The molecule has 0 bridgehead atoms. The van der Waals surface area contributed by atoms with Gasteiger partial charge in [-0.2, -0.15) is 0 Å². The molecule has 0 amide bonds. The Kier molecular flexibility index (Phi) is 6.11. The highest BCUT2D eigenvalue weighted by Crippen LogP contribution is 2.25. The van der Waals surface area contributed by atoms with E-state index in [0.29, 0.717) is 22.7 Å². The van der Waals surface area contributed by atoms with Gasteiger partial charge < -0.3 is 0 Å². The number of thiophene rings is 1. The third-order valence-corrected chi connectivity index (χ3v) is 6.50. The molecule has 0 atom stereocenters. The Labute approximate surface area is 168 Å². The monoisotopic (exact) mass is 448 g/mol. The Balaban J connectivity index is 1.91. The third kappa shape index (κ3) is 4.00. The van der Waals surface area contributed by atoms with Gasteiger partial charge in [0.05, 0.1) is 11.1 Å². The van der Waals surface area contributed by atoms with Gasteiger partial charge in [-0.1, -0.05) is 52.8 Å². The van der Waals surface area contributed by atoms with E-state index in [1.165, 1.54) is 23.1 Å². The van der Waals surface area contributed by atoms with Crippen molar-refractivity contribution >= 4 is 55.0 Å². The van der Waals surface area contributed by atoms with Crippen molar-refractivity contribution in [1.29, 1.82) is 0 Å². The second-order valence-corrected chi connectivity index (χ2v) is 8.58. The average Bonchev–Trinajstić information content (AvgIpc) is 3.06. The summed E-state index contributed by atoms with van der Waals surface area (Å²) < 4.78 is 2.51. The number of nitrogens with zero attached hydrogens (tertiary/aromatic N) is 2. The van der Waals surface area contributed by atoms with E-state index in [2.05, 4.69) is 34.4 Å². The van der Waals surface area contributed by atoms with Crippen molar-refractivity contribution in [3.05, 3.63) is 68.3 Å². The van der Waals surface area contributed by atoms with Gasteiger partial charge in [-0.3, -0.25) is 14.2 Å². The molecule has 3 aromatic rings. The fraction of sp³-hybridized carbons (Fsp3) is 0.211. The summed E-state index contributed by atoms with van der Waals surface area (Å²) in [5, 5.41) is 1.19. The van der Waals surface area contributed by atoms with Gasteiger partial charge in [0.2, 0.25) is 0 Å². The highest BCUT2D eigenvalue weighted by atomic mass is 79.9. The first-order chi connectivity index (χ1) is 12.5.